The van der Waals surface area contributed by atoms with Gasteiger partial charge in [0.05, 0.1) is 12.8 Å². The van der Waals surface area contributed by atoms with E-state index in [4.69, 9.17) is 10.5 Å². The van der Waals surface area contributed by atoms with E-state index in [1.54, 1.807) is 7.11 Å². The van der Waals surface area contributed by atoms with Gasteiger partial charge in [-0.15, -0.1) is 0 Å². The van der Waals surface area contributed by atoms with Crippen LogP contribution in [0, 0.1) is 5.82 Å². The molecule has 1 amide bonds. The number of hydrogen-bond acceptors (Lipinski definition) is 3. The largest absolute Gasteiger partial charge is 0.497 e. The molecular weight excluding hydrogens is 259 g/mol. The highest BCUT2D eigenvalue weighted by molar-refractivity contribution is 5.94. The standard InChI is InChI=1S/C15H15FN2O2/c1-20-12-4-2-3-10(7-12)9-18-15(19)11-5-6-13(16)14(17)8-11/h2-8H,9,17H2,1H3,(H,18,19). The zero-order chi connectivity index (χ0) is 14.5. The summed E-state index contributed by atoms with van der Waals surface area (Å²) in [6, 6.07) is 11.3. The van der Waals surface area contributed by atoms with Gasteiger partial charge in [0.1, 0.15) is 11.6 Å². The smallest absolute Gasteiger partial charge is 0.251 e. The fourth-order valence-corrected chi connectivity index (χ4v) is 1.75. The second-order valence-corrected chi connectivity index (χ2v) is 4.27. The van der Waals surface area contributed by atoms with Gasteiger partial charge in [-0.05, 0) is 35.9 Å². The molecular formula is C15H15FN2O2. The first-order valence-corrected chi connectivity index (χ1v) is 6.06. The summed E-state index contributed by atoms with van der Waals surface area (Å²) < 4.78 is 18.1. The van der Waals surface area contributed by atoms with Crippen LogP contribution in [0.2, 0.25) is 0 Å². The topological polar surface area (TPSA) is 64.3 Å². The maximum atomic E-state index is 13.0. The molecule has 0 spiro atoms. The number of anilines is 1. The average molecular weight is 274 g/mol. The summed E-state index contributed by atoms with van der Waals surface area (Å²) in [6.07, 6.45) is 0. The van der Waals surface area contributed by atoms with Gasteiger partial charge in [-0.1, -0.05) is 12.1 Å². The summed E-state index contributed by atoms with van der Waals surface area (Å²) in [5.74, 6) is -0.114. The minimum absolute atomic E-state index is 0.0426. The predicted molar refractivity (Wildman–Crippen MR) is 75.0 cm³/mol. The highest BCUT2D eigenvalue weighted by Crippen LogP contribution is 2.14. The molecule has 0 aromatic heterocycles. The number of ether oxygens (including phenoxy) is 1. The highest BCUT2D eigenvalue weighted by Gasteiger charge is 2.08. The maximum Gasteiger partial charge on any atom is 0.251 e. The summed E-state index contributed by atoms with van der Waals surface area (Å²) in [6.45, 7) is 0.354. The number of rotatable bonds is 4. The monoisotopic (exact) mass is 274 g/mol. The van der Waals surface area contributed by atoms with E-state index >= 15 is 0 Å². The van der Waals surface area contributed by atoms with Crippen molar-refractivity contribution in [2.75, 3.05) is 12.8 Å². The van der Waals surface area contributed by atoms with Gasteiger partial charge in [0.15, 0.2) is 0 Å². The van der Waals surface area contributed by atoms with E-state index in [1.807, 2.05) is 24.3 Å². The van der Waals surface area contributed by atoms with Gasteiger partial charge in [-0.2, -0.15) is 0 Å². The molecule has 104 valence electrons. The summed E-state index contributed by atoms with van der Waals surface area (Å²) in [5.41, 5.74) is 6.63. The number of nitrogens with two attached hydrogens (primary N) is 1. The van der Waals surface area contributed by atoms with E-state index in [9.17, 15) is 9.18 Å². The molecule has 5 heteroatoms. The minimum Gasteiger partial charge on any atom is -0.497 e. The summed E-state index contributed by atoms with van der Waals surface area (Å²) in [7, 11) is 1.58. The molecule has 3 N–H and O–H groups in total. The Kier molecular flexibility index (Phi) is 4.20. The van der Waals surface area contributed by atoms with Gasteiger partial charge in [0, 0.05) is 12.1 Å². The van der Waals surface area contributed by atoms with Crippen molar-refractivity contribution in [1.29, 1.82) is 0 Å². The molecule has 2 aromatic rings. The second kappa shape index (κ2) is 6.06. The molecule has 0 aliphatic carbocycles. The first kappa shape index (κ1) is 13.9. The second-order valence-electron chi connectivity index (χ2n) is 4.27. The number of nitrogen functional groups attached to an aromatic ring is 1. The molecule has 0 aliphatic heterocycles. The molecule has 0 saturated carbocycles. The van der Waals surface area contributed by atoms with Crippen molar-refractivity contribution in [2.45, 2.75) is 6.54 Å². The van der Waals surface area contributed by atoms with Crippen molar-refractivity contribution < 1.29 is 13.9 Å². The molecule has 4 nitrogen and oxygen atoms in total. The Balaban J connectivity index is 2.02. The number of carbonyl (C=O) groups excluding carboxylic acids is 1. The number of hydrogen-bond donors (Lipinski definition) is 2. The number of methoxy groups -OCH3 is 1. The molecule has 0 atom stereocenters. The van der Waals surface area contributed by atoms with Crippen LogP contribution in [0.5, 0.6) is 5.75 Å². The molecule has 2 aromatic carbocycles. The summed E-state index contributed by atoms with van der Waals surface area (Å²) in [5, 5.41) is 2.74. The van der Waals surface area contributed by atoms with Crippen LogP contribution in [0.1, 0.15) is 15.9 Å². The third-order valence-electron chi connectivity index (χ3n) is 2.85. The third-order valence-corrected chi connectivity index (χ3v) is 2.85. The van der Waals surface area contributed by atoms with Gasteiger partial charge in [-0.3, -0.25) is 4.79 Å². The molecule has 20 heavy (non-hydrogen) atoms. The fourth-order valence-electron chi connectivity index (χ4n) is 1.75. The Hall–Kier alpha value is -2.56. The molecule has 0 radical (unpaired) electrons. The fraction of sp³-hybridized carbons (Fsp3) is 0.133. The van der Waals surface area contributed by atoms with Crippen LogP contribution >= 0.6 is 0 Å². The number of benzene rings is 2. The first-order valence-electron chi connectivity index (χ1n) is 6.06. The summed E-state index contributed by atoms with van der Waals surface area (Å²) >= 11 is 0. The van der Waals surface area contributed by atoms with Crippen LogP contribution in [0.3, 0.4) is 0 Å². The molecule has 0 unspecified atom stereocenters. The Labute approximate surface area is 116 Å². The van der Waals surface area contributed by atoms with E-state index in [2.05, 4.69) is 5.32 Å². The minimum atomic E-state index is -0.533. The quantitative estimate of drug-likeness (QED) is 0.841. The zero-order valence-corrected chi connectivity index (χ0v) is 11.0. The number of amides is 1. The molecule has 0 saturated heterocycles. The van der Waals surface area contributed by atoms with Crippen LogP contribution in [-0.4, -0.2) is 13.0 Å². The van der Waals surface area contributed by atoms with E-state index < -0.39 is 5.82 Å². The van der Waals surface area contributed by atoms with Crippen LogP contribution < -0.4 is 15.8 Å². The lowest BCUT2D eigenvalue weighted by Crippen LogP contribution is -2.23. The van der Waals surface area contributed by atoms with Crippen molar-refractivity contribution >= 4 is 11.6 Å². The maximum absolute atomic E-state index is 13.0. The van der Waals surface area contributed by atoms with Gasteiger partial charge >= 0.3 is 0 Å². The van der Waals surface area contributed by atoms with Crippen LogP contribution in [0.25, 0.3) is 0 Å². The van der Waals surface area contributed by atoms with Crippen LogP contribution in [0.4, 0.5) is 10.1 Å². The van der Waals surface area contributed by atoms with Crippen molar-refractivity contribution in [2.24, 2.45) is 0 Å². The van der Waals surface area contributed by atoms with E-state index in [0.29, 0.717) is 12.1 Å². The van der Waals surface area contributed by atoms with E-state index in [0.717, 1.165) is 11.3 Å². The van der Waals surface area contributed by atoms with Crippen molar-refractivity contribution in [3.63, 3.8) is 0 Å². The van der Waals surface area contributed by atoms with Gasteiger partial charge in [-0.25, -0.2) is 4.39 Å². The van der Waals surface area contributed by atoms with Crippen LogP contribution in [-0.2, 0) is 6.54 Å². The normalized spacial score (nSPS) is 10.1. The lowest BCUT2D eigenvalue weighted by atomic mass is 10.1. The first-order chi connectivity index (χ1) is 9.60. The number of nitrogens with one attached hydrogen (secondary N) is 1. The third kappa shape index (κ3) is 3.26. The number of carbonyl (C=O) groups is 1. The Bertz CT molecular complexity index is 629. The Morgan fingerprint density at radius 1 is 1.30 bits per heavy atom. The van der Waals surface area contributed by atoms with Gasteiger partial charge < -0.3 is 15.8 Å². The molecule has 0 fully saturated rings. The van der Waals surface area contributed by atoms with Crippen molar-refractivity contribution in [3.8, 4) is 5.75 Å². The molecule has 0 aliphatic rings. The number of halogens is 1. The average Bonchev–Trinajstić information content (AvgIpc) is 2.47. The molecule has 0 heterocycles. The lowest BCUT2D eigenvalue weighted by molar-refractivity contribution is 0.0951. The van der Waals surface area contributed by atoms with Gasteiger partial charge in [0.25, 0.3) is 5.91 Å². The zero-order valence-electron chi connectivity index (χ0n) is 11.0. The lowest BCUT2D eigenvalue weighted by Gasteiger charge is -2.07. The van der Waals surface area contributed by atoms with E-state index in [1.165, 1.54) is 18.2 Å². The van der Waals surface area contributed by atoms with Gasteiger partial charge in [0.2, 0.25) is 0 Å². The SMILES string of the molecule is COc1cccc(CNC(=O)c2ccc(F)c(N)c2)c1. The van der Waals surface area contributed by atoms with Crippen LogP contribution in [0.15, 0.2) is 42.5 Å². The Morgan fingerprint density at radius 2 is 2.10 bits per heavy atom. The van der Waals surface area contributed by atoms with E-state index in [-0.39, 0.29) is 11.6 Å². The highest BCUT2D eigenvalue weighted by atomic mass is 19.1. The predicted octanol–water partition coefficient (Wildman–Crippen LogP) is 2.35. The Morgan fingerprint density at radius 3 is 2.80 bits per heavy atom. The summed E-state index contributed by atoms with van der Waals surface area (Å²) in [4.78, 5) is 11.9. The van der Waals surface area contributed by atoms with Crippen molar-refractivity contribution in [1.82, 2.24) is 5.32 Å². The molecule has 2 rings (SSSR count). The van der Waals surface area contributed by atoms with Crippen molar-refractivity contribution in [3.05, 3.63) is 59.4 Å². The molecule has 0 bridgehead atoms.